The van der Waals surface area contributed by atoms with Gasteiger partial charge in [0.15, 0.2) is 0 Å². The van der Waals surface area contributed by atoms with E-state index in [-0.39, 0.29) is 23.8 Å². The predicted molar refractivity (Wildman–Crippen MR) is 150 cm³/mol. The van der Waals surface area contributed by atoms with E-state index in [9.17, 15) is 36.2 Å². The Morgan fingerprint density at radius 3 is 1.66 bits per heavy atom. The molecule has 0 saturated heterocycles. The number of hydrogen-bond donors (Lipinski definition) is 2. The van der Waals surface area contributed by atoms with Crippen LogP contribution in [0.3, 0.4) is 0 Å². The van der Waals surface area contributed by atoms with Crippen molar-refractivity contribution in [2.24, 2.45) is 23.2 Å². The molecule has 2 unspecified atom stereocenters. The van der Waals surface area contributed by atoms with Gasteiger partial charge in [-0.1, -0.05) is 73.9 Å². The molecule has 230 valence electrons. The normalized spacial score (nSPS) is 15.2. The molecular formula is C32H43F6NO2. The predicted octanol–water partition coefficient (Wildman–Crippen LogP) is 9.90. The van der Waals surface area contributed by atoms with Crippen molar-refractivity contribution in [3.8, 4) is 0 Å². The van der Waals surface area contributed by atoms with E-state index in [2.05, 4.69) is 5.32 Å². The number of carbonyl (C=O) groups is 1. The van der Waals surface area contributed by atoms with E-state index >= 15 is 0 Å². The van der Waals surface area contributed by atoms with Gasteiger partial charge in [0, 0.05) is 0 Å². The number of benzene rings is 2. The lowest BCUT2D eigenvalue weighted by Gasteiger charge is -2.50. The van der Waals surface area contributed by atoms with Gasteiger partial charge in [0.1, 0.15) is 0 Å². The Bertz CT molecular complexity index is 1200. The molecule has 9 heteroatoms. The Labute approximate surface area is 239 Å². The summed E-state index contributed by atoms with van der Waals surface area (Å²) in [5.74, 6) is -0.379. The fourth-order valence-electron chi connectivity index (χ4n) is 6.08. The van der Waals surface area contributed by atoms with Gasteiger partial charge >= 0.3 is 18.4 Å². The summed E-state index contributed by atoms with van der Waals surface area (Å²) in [6.45, 7) is 14.5. The van der Waals surface area contributed by atoms with Crippen LogP contribution < -0.4 is 5.32 Å². The minimum Gasteiger partial charge on any atom is -0.465 e. The lowest BCUT2D eigenvalue weighted by molar-refractivity contribution is -0.138. The molecule has 2 rings (SSSR count). The van der Waals surface area contributed by atoms with E-state index in [0.717, 1.165) is 30.7 Å². The van der Waals surface area contributed by atoms with Gasteiger partial charge in [-0.3, -0.25) is 0 Å². The van der Waals surface area contributed by atoms with Crippen molar-refractivity contribution in [2.45, 2.75) is 99.0 Å². The third kappa shape index (κ3) is 8.41. The molecular weight excluding hydrogens is 544 g/mol. The van der Waals surface area contributed by atoms with Crippen LogP contribution in [0.25, 0.3) is 0 Å². The maximum absolute atomic E-state index is 14.1. The minimum absolute atomic E-state index is 0.0152. The van der Waals surface area contributed by atoms with Crippen LogP contribution in [0, 0.1) is 23.2 Å². The van der Waals surface area contributed by atoms with E-state index in [1.165, 1.54) is 0 Å². The van der Waals surface area contributed by atoms with Gasteiger partial charge in [-0.15, -0.1) is 0 Å². The lowest BCUT2D eigenvalue weighted by Crippen LogP contribution is -2.59. The Morgan fingerprint density at radius 2 is 1.22 bits per heavy atom. The van der Waals surface area contributed by atoms with E-state index in [1.54, 1.807) is 39.8 Å². The molecule has 3 nitrogen and oxygen atoms in total. The number of nitrogens with one attached hydrogen (secondary N) is 1. The summed E-state index contributed by atoms with van der Waals surface area (Å²) in [7, 11) is 0. The summed E-state index contributed by atoms with van der Waals surface area (Å²) in [5, 5.41) is 12.5. The molecule has 0 aliphatic heterocycles. The quantitative estimate of drug-likeness (QED) is 0.257. The molecule has 2 aromatic carbocycles. The molecule has 2 aromatic rings. The van der Waals surface area contributed by atoms with E-state index in [0.29, 0.717) is 29.5 Å². The Morgan fingerprint density at radius 1 is 0.756 bits per heavy atom. The van der Waals surface area contributed by atoms with Crippen LogP contribution in [0.5, 0.6) is 0 Å². The van der Waals surface area contributed by atoms with Crippen LogP contribution in [0.2, 0.25) is 0 Å². The molecule has 0 fully saturated rings. The van der Waals surface area contributed by atoms with Gasteiger partial charge in [-0.05, 0) is 89.0 Å². The summed E-state index contributed by atoms with van der Waals surface area (Å²) in [5.41, 5.74) is -3.02. The Balaban J connectivity index is 2.85. The minimum atomic E-state index is -4.68. The van der Waals surface area contributed by atoms with Gasteiger partial charge in [0.2, 0.25) is 0 Å². The second kappa shape index (κ2) is 12.7. The molecule has 0 aliphatic carbocycles. The van der Waals surface area contributed by atoms with E-state index in [4.69, 9.17) is 0 Å². The summed E-state index contributed by atoms with van der Waals surface area (Å²) in [4.78, 5) is 12.2. The smallest absolute Gasteiger partial charge is 0.416 e. The number of alkyl halides is 6. The summed E-state index contributed by atoms with van der Waals surface area (Å²) in [6.07, 6.45) is -9.16. The SMILES string of the molecule is CCC(C)Cc1cc(CC(C)(C)C(NC(=O)O)(c2cc(CC(C)C)cc(C(F)(F)F)c2)C(C)C)cc(C(F)(F)F)c1. The van der Waals surface area contributed by atoms with Gasteiger partial charge in [0.25, 0.3) is 0 Å². The number of halogens is 6. The van der Waals surface area contributed by atoms with Gasteiger partial charge in [-0.25, -0.2) is 4.79 Å². The highest BCUT2D eigenvalue weighted by molar-refractivity contribution is 5.67. The van der Waals surface area contributed by atoms with Gasteiger partial charge < -0.3 is 10.4 Å². The molecule has 0 radical (unpaired) electrons. The third-order valence-electron chi connectivity index (χ3n) is 7.96. The second-order valence-corrected chi connectivity index (χ2v) is 12.7. The number of amides is 1. The summed E-state index contributed by atoms with van der Waals surface area (Å²) in [6, 6.07) is 7.56. The van der Waals surface area contributed by atoms with Crippen molar-refractivity contribution in [2.75, 3.05) is 0 Å². The average molecular weight is 588 g/mol. The summed E-state index contributed by atoms with van der Waals surface area (Å²) >= 11 is 0. The van der Waals surface area contributed by atoms with Crippen molar-refractivity contribution < 1.29 is 36.2 Å². The van der Waals surface area contributed by atoms with Crippen LogP contribution in [-0.4, -0.2) is 11.2 Å². The van der Waals surface area contributed by atoms with Gasteiger partial charge in [-0.2, -0.15) is 26.3 Å². The molecule has 2 atom stereocenters. The third-order valence-corrected chi connectivity index (χ3v) is 7.96. The van der Waals surface area contributed by atoms with Crippen LogP contribution >= 0.6 is 0 Å². The first kappa shape index (κ1) is 34.5. The van der Waals surface area contributed by atoms with Crippen LogP contribution in [0.15, 0.2) is 36.4 Å². The Kier molecular flexibility index (Phi) is 10.6. The molecule has 0 bridgehead atoms. The van der Waals surface area contributed by atoms with Crippen molar-refractivity contribution >= 4 is 6.09 Å². The van der Waals surface area contributed by atoms with Gasteiger partial charge in [0.05, 0.1) is 16.7 Å². The fraction of sp³-hybridized carbons (Fsp3) is 0.594. The molecule has 1 amide bonds. The number of carboxylic acid groups (broad SMARTS) is 1. The van der Waals surface area contributed by atoms with Crippen LogP contribution in [0.1, 0.15) is 95.2 Å². The molecule has 0 heterocycles. The first-order valence-electron chi connectivity index (χ1n) is 14.0. The fourth-order valence-corrected chi connectivity index (χ4v) is 6.08. The zero-order chi connectivity index (χ0) is 31.6. The first-order chi connectivity index (χ1) is 18.6. The molecule has 41 heavy (non-hydrogen) atoms. The Hall–Kier alpha value is -2.71. The molecule has 0 saturated carbocycles. The molecule has 0 spiro atoms. The highest BCUT2D eigenvalue weighted by atomic mass is 19.4. The lowest BCUT2D eigenvalue weighted by atomic mass is 9.60. The van der Waals surface area contributed by atoms with Crippen molar-refractivity contribution in [1.82, 2.24) is 5.32 Å². The van der Waals surface area contributed by atoms with Crippen molar-refractivity contribution in [3.63, 3.8) is 0 Å². The number of hydrogen-bond acceptors (Lipinski definition) is 1. The average Bonchev–Trinajstić information content (AvgIpc) is 2.79. The van der Waals surface area contributed by atoms with E-state index in [1.807, 2.05) is 27.7 Å². The topological polar surface area (TPSA) is 49.3 Å². The standard InChI is InChI=1S/C32H43F6NO2/c1-9-21(6)11-23-12-24(16-26(15-23)31(33,34)35)18-29(7,8)30(20(4)5,39-28(40)41)25-13-22(10-19(2)3)14-27(17-25)32(36,37)38/h12-17,19-21,39H,9-11,18H2,1-8H3,(H,40,41). The summed E-state index contributed by atoms with van der Waals surface area (Å²) < 4.78 is 83.9. The van der Waals surface area contributed by atoms with Crippen molar-refractivity contribution in [3.05, 3.63) is 69.8 Å². The van der Waals surface area contributed by atoms with Crippen molar-refractivity contribution in [1.29, 1.82) is 0 Å². The maximum atomic E-state index is 14.1. The first-order valence-corrected chi connectivity index (χ1v) is 14.0. The number of rotatable bonds is 11. The maximum Gasteiger partial charge on any atom is 0.416 e. The largest absolute Gasteiger partial charge is 0.465 e. The van der Waals surface area contributed by atoms with E-state index < -0.39 is 46.4 Å². The highest BCUT2D eigenvalue weighted by Gasteiger charge is 2.51. The van der Waals surface area contributed by atoms with Crippen LogP contribution in [-0.2, 0) is 37.2 Å². The molecule has 0 aromatic heterocycles. The zero-order valence-corrected chi connectivity index (χ0v) is 25.1. The molecule has 2 N–H and O–H groups in total. The molecule has 0 aliphatic rings. The monoisotopic (exact) mass is 587 g/mol. The van der Waals surface area contributed by atoms with Crippen LogP contribution in [0.4, 0.5) is 31.1 Å². The highest BCUT2D eigenvalue weighted by Crippen LogP contribution is 2.49. The zero-order valence-electron chi connectivity index (χ0n) is 25.1. The second-order valence-electron chi connectivity index (χ2n) is 12.7.